The number of nitrogens with zero attached hydrogens (tertiary/aromatic N) is 1. The lowest BCUT2D eigenvalue weighted by molar-refractivity contribution is -0.136. The molecule has 2 heterocycles. The number of halogens is 2. The summed E-state index contributed by atoms with van der Waals surface area (Å²) in [6.45, 7) is 1.82. The van der Waals surface area contributed by atoms with E-state index in [-0.39, 0.29) is 18.3 Å². The summed E-state index contributed by atoms with van der Waals surface area (Å²) in [5.74, 6) is -3.58. The summed E-state index contributed by atoms with van der Waals surface area (Å²) in [7, 11) is 0. The van der Waals surface area contributed by atoms with E-state index in [1.54, 1.807) is 11.3 Å². The molecule has 0 fully saturated rings. The number of amides is 2. The van der Waals surface area contributed by atoms with Crippen LogP contribution < -0.4 is 10.6 Å². The van der Waals surface area contributed by atoms with Crippen molar-refractivity contribution in [2.75, 3.05) is 18.4 Å². The number of benzene rings is 2. The Balaban J connectivity index is 1.42. The number of fused-ring (bicyclic) bond motifs is 1. The quantitative estimate of drug-likeness (QED) is 0.591. The minimum atomic E-state index is -1.00. The molecule has 1 aliphatic heterocycles. The first-order valence-electron chi connectivity index (χ1n) is 9.90. The van der Waals surface area contributed by atoms with Crippen LogP contribution in [0, 0.1) is 11.6 Å². The van der Waals surface area contributed by atoms with Gasteiger partial charge >= 0.3 is 11.8 Å². The van der Waals surface area contributed by atoms with E-state index >= 15 is 0 Å². The Kier molecular flexibility index (Phi) is 6.39. The number of thiophene rings is 1. The van der Waals surface area contributed by atoms with E-state index in [0.29, 0.717) is 6.07 Å². The van der Waals surface area contributed by atoms with Gasteiger partial charge in [0.15, 0.2) is 0 Å². The molecule has 5 nitrogen and oxygen atoms in total. The maximum atomic E-state index is 13.7. The fourth-order valence-corrected chi connectivity index (χ4v) is 4.57. The van der Waals surface area contributed by atoms with Gasteiger partial charge in [-0.05, 0) is 41.1 Å². The van der Waals surface area contributed by atoms with Crippen molar-refractivity contribution in [3.05, 3.63) is 87.6 Å². The van der Waals surface area contributed by atoms with E-state index in [9.17, 15) is 18.4 Å². The largest absolute Gasteiger partial charge is 0.346 e. The molecule has 4 rings (SSSR count). The molecular formula is C23H21F2N3O2S. The van der Waals surface area contributed by atoms with Crippen molar-refractivity contribution >= 4 is 28.8 Å². The highest BCUT2D eigenvalue weighted by Gasteiger charge is 2.27. The summed E-state index contributed by atoms with van der Waals surface area (Å²) >= 11 is 1.59. The van der Waals surface area contributed by atoms with E-state index in [0.717, 1.165) is 36.5 Å². The summed E-state index contributed by atoms with van der Waals surface area (Å²) in [6, 6.07) is 14.9. The maximum absolute atomic E-state index is 13.7. The summed E-state index contributed by atoms with van der Waals surface area (Å²) in [6.07, 6.45) is 0.913. The number of carbonyl (C=O) groups is 2. The van der Waals surface area contributed by atoms with Gasteiger partial charge < -0.3 is 10.6 Å². The fraction of sp³-hybridized carbons (Fsp3) is 0.217. The van der Waals surface area contributed by atoms with Crippen molar-refractivity contribution < 1.29 is 18.4 Å². The van der Waals surface area contributed by atoms with Gasteiger partial charge in [-0.15, -0.1) is 11.3 Å². The smallest absolute Gasteiger partial charge is 0.313 e. The predicted octanol–water partition coefficient (Wildman–Crippen LogP) is 3.88. The molecule has 2 aromatic carbocycles. The molecule has 0 saturated carbocycles. The normalized spacial score (nSPS) is 14.5. The van der Waals surface area contributed by atoms with Crippen LogP contribution in [0.25, 0.3) is 0 Å². The second-order valence-electron chi connectivity index (χ2n) is 7.31. The number of carbonyl (C=O) groups excluding carboxylic acids is 2. The van der Waals surface area contributed by atoms with Crippen LogP contribution in [0.5, 0.6) is 0 Å². The second-order valence-corrected chi connectivity index (χ2v) is 8.29. The summed E-state index contributed by atoms with van der Waals surface area (Å²) in [5, 5.41) is 6.82. The maximum Gasteiger partial charge on any atom is 0.313 e. The highest BCUT2D eigenvalue weighted by Crippen LogP contribution is 2.30. The average Bonchev–Trinajstić information content (AvgIpc) is 3.30. The molecule has 0 radical (unpaired) electrons. The van der Waals surface area contributed by atoms with Crippen LogP contribution in [0.2, 0.25) is 0 Å². The molecule has 0 aliphatic carbocycles. The molecule has 0 bridgehead atoms. The van der Waals surface area contributed by atoms with Crippen LogP contribution in [0.1, 0.15) is 22.0 Å². The Morgan fingerprint density at radius 3 is 2.58 bits per heavy atom. The fourth-order valence-electron chi connectivity index (χ4n) is 3.71. The van der Waals surface area contributed by atoms with Crippen LogP contribution in [-0.2, 0) is 22.6 Å². The van der Waals surface area contributed by atoms with Gasteiger partial charge in [0.1, 0.15) is 11.6 Å². The Hall–Kier alpha value is -3.10. The molecule has 1 aromatic heterocycles. The van der Waals surface area contributed by atoms with Crippen LogP contribution in [0.15, 0.2) is 60.0 Å². The number of hydrogen-bond acceptors (Lipinski definition) is 4. The van der Waals surface area contributed by atoms with Crippen LogP contribution in [-0.4, -0.2) is 29.8 Å². The Labute approximate surface area is 182 Å². The number of rotatable bonds is 5. The molecular weight excluding hydrogens is 420 g/mol. The first-order valence-corrected chi connectivity index (χ1v) is 10.8. The third-order valence-corrected chi connectivity index (χ3v) is 6.29. The number of hydrogen-bond donors (Lipinski definition) is 2. The van der Waals surface area contributed by atoms with Gasteiger partial charge in [-0.2, -0.15) is 0 Å². The second kappa shape index (κ2) is 9.36. The minimum absolute atomic E-state index is 0.0901. The van der Waals surface area contributed by atoms with Crippen LogP contribution in [0.4, 0.5) is 14.5 Å². The zero-order valence-corrected chi connectivity index (χ0v) is 17.4. The van der Waals surface area contributed by atoms with E-state index in [1.807, 2.05) is 29.6 Å². The van der Waals surface area contributed by atoms with E-state index in [4.69, 9.17) is 0 Å². The highest BCUT2D eigenvalue weighted by molar-refractivity contribution is 7.10. The van der Waals surface area contributed by atoms with Gasteiger partial charge in [-0.25, -0.2) is 8.78 Å². The molecule has 0 saturated heterocycles. The zero-order chi connectivity index (χ0) is 21.8. The summed E-state index contributed by atoms with van der Waals surface area (Å²) in [5.41, 5.74) is 2.34. The van der Waals surface area contributed by atoms with E-state index in [2.05, 4.69) is 27.7 Å². The predicted molar refractivity (Wildman–Crippen MR) is 116 cm³/mol. The molecule has 1 atom stereocenters. The molecule has 3 aromatic rings. The topological polar surface area (TPSA) is 61.4 Å². The molecule has 31 heavy (non-hydrogen) atoms. The molecule has 160 valence electrons. The Morgan fingerprint density at radius 2 is 1.84 bits per heavy atom. The Bertz CT molecular complexity index is 1090. The van der Waals surface area contributed by atoms with Gasteiger partial charge in [0.25, 0.3) is 0 Å². The van der Waals surface area contributed by atoms with Crippen LogP contribution in [0.3, 0.4) is 0 Å². The van der Waals surface area contributed by atoms with Gasteiger partial charge in [0, 0.05) is 30.6 Å². The van der Waals surface area contributed by atoms with E-state index in [1.165, 1.54) is 11.1 Å². The van der Waals surface area contributed by atoms with Crippen molar-refractivity contribution in [1.82, 2.24) is 10.2 Å². The number of anilines is 1. The third kappa shape index (κ3) is 4.98. The molecule has 2 N–H and O–H groups in total. The monoisotopic (exact) mass is 441 g/mol. The van der Waals surface area contributed by atoms with Gasteiger partial charge in [0.05, 0.1) is 11.7 Å². The zero-order valence-electron chi connectivity index (χ0n) is 16.6. The summed E-state index contributed by atoms with van der Waals surface area (Å²) < 4.78 is 26.8. The number of nitrogens with one attached hydrogen (secondary N) is 2. The first kappa shape index (κ1) is 21.1. The lowest BCUT2D eigenvalue weighted by Crippen LogP contribution is -2.43. The average molecular weight is 442 g/mol. The highest BCUT2D eigenvalue weighted by atomic mass is 32.1. The molecule has 2 amide bonds. The molecule has 0 unspecified atom stereocenters. The Morgan fingerprint density at radius 1 is 1.03 bits per heavy atom. The SMILES string of the molecule is O=C(NC[C@H](c1cccs1)N1CCc2ccccc2C1)C(=O)Nc1ccc(F)cc1F. The molecule has 8 heteroatoms. The molecule has 1 aliphatic rings. The lowest BCUT2D eigenvalue weighted by atomic mass is 9.98. The molecule has 0 spiro atoms. The van der Waals surface area contributed by atoms with Crippen molar-refractivity contribution in [2.24, 2.45) is 0 Å². The first-order chi connectivity index (χ1) is 15.0. The van der Waals surface area contributed by atoms with E-state index < -0.39 is 23.4 Å². The van der Waals surface area contributed by atoms with Gasteiger partial charge in [0.2, 0.25) is 0 Å². The lowest BCUT2D eigenvalue weighted by Gasteiger charge is -2.35. The minimum Gasteiger partial charge on any atom is -0.346 e. The van der Waals surface area contributed by atoms with Crippen molar-refractivity contribution in [1.29, 1.82) is 0 Å². The van der Waals surface area contributed by atoms with Crippen molar-refractivity contribution in [3.63, 3.8) is 0 Å². The van der Waals surface area contributed by atoms with Crippen molar-refractivity contribution in [3.8, 4) is 0 Å². The van der Waals surface area contributed by atoms with Crippen molar-refractivity contribution in [2.45, 2.75) is 19.0 Å². The third-order valence-electron chi connectivity index (χ3n) is 5.31. The van der Waals surface area contributed by atoms with Gasteiger partial charge in [-0.1, -0.05) is 30.3 Å². The summed E-state index contributed by atoms with van der Waals surface area (Å²) in [4.78, 5) is 27.9. The van der Waals surface area contributed by atoms with Crippen LogP contribution >= 0.6 is 11.3 Å². The standard InChI is InChI=1S/C23H21F2N3O2S/c24-17-7-8-19(18(25)12-17)27-23(30)22(29)26-13-20(21-6-3-11-31-21)28-10-9-15-4-1-2-5-16(15)14-28/h1-8,11-12,20H,9-10,13-14H2,(H,26,29)(H,27,30)/t20-/m1/s1. The van der Waals surface area contributed by atoms with Gasteiger partial charge in [-0.3, -0.25) is 14.5 Å².